The number of amides is 1. The van der Waals surface area contributed by atoms with Crippen molar-refractivity contribution in [2.24, 2.45) is 11.7 Å². The third-order valence-electron chi connectivity index (χ3n) is 3.93. The van der Waals surface area contributed by atoms with Gasteiger partial charge < -0.3 is 15.7 Å². The number of hydrogen-bond acceptors (Lipinski definition) is 3. The number of aliphatic carboxylic acids is 1. The van der Waals surface area contributed by atoms with Crippen molar-refractivity contribution in [2.45, 2.75) is 31.8 Å². The van der Waals surface area contributed by atoms with Crippen LogP contribution in [0.15, 0.2) is 30.3 Å². The molecule has 5 heteroatoms. The lowest BCUT2D eigenvalue weighted by Crippen LogP contribution is -2.45. The Morgan fingerprint density at radius 1 is 1.35 bits per heavy atom. The van der Waals surface area contributed by atoms with Crippen LogP contribution in [0, 0.1) is 5.92 Å². The van der Waals surface area contributed by atoms with Gasteiger partial charge in [-0.2, -0.15) is 0 Å². The third-order valence-corrected chi connectivity index (χ3v) is 3.93. The maximum absolute atomic E-state index is 12.5. The van der Waals surface area contributed by atoms with E-state index in [0.29, 0.717) is 13.0 Å². The first-order chi connectivity index (χ1) is 9.52. The van der Waals surface area contributed by atoms with Crippen molar-refractivity contribution >= 4 is 11.9 Å². The molecule has 1 aromatic rings. The summed E-state index contributed by atoms with van der Waals surface area (Å²) in [4.78, 5) is 25.1. The normalized spacial score (nSPS) is 21.5. The highest BCUT2D eigenvalue weighted by Gasteiger charge is 2.37. The second-order valence-corrected chi connectivity index (χ2v) is 5.25. The number of carbonyl (C=O) groups excluding carboxylic acids is 1. The zero-order valence-electron chi connectivity index (χ0n) is 11.5. The minimum absolute atomic E-state index is 0.175. The summed E-state index contributed by atoms with van der Waals surface area (Å²) < 4.78 is 0. The molecular weight excluding hydrogens is 256 g/mol. The largest absolute Gasteiger partial charge is 0.480 e. The molecule has 2 rings (SSSR count). The molecule has 0 aromatic heterocycles. The molecule has 1 amide bonds. The molecule has 0 saturated carbocycles. The Hall–Kier alpha value is -1.88. The van der Waals surface area contributed by atoms with Gasteiger partial charge in [-0.15, -0.1) is 0 Å². The fourth-order valence-electron chi connectivity index (χ4n) is 2.67. The molecule has 1 fully saturated rings. The molecule has 1 aliphatic heterocycles. The number of hydrogen-bond donors (Lipinski definition) is 2. The minimum Gasteiger partial charge on any atom is -0.480 e. The molecule has 5 nitrogen and oxygen atoms in total. The van der Waals surface area contributed by atoms with Gasteiger partial charge in [-0.1, -0.05) is 37.3 Å². The van der Waals surface area contributed by atoms with Crippen molar-refractivity contribution in [3.8, 4) is 0 Å². The highest BCUT2D eigenvalue weighted by atomic mass is 16.4. The van der Waals surface area contributed by atoms with E-state index in [9.17, 15) is 9.59 Å². The lowest BCUT2D eigenvalue weighted by Gasteiger charge is -2.28. The molecular formula is C15H20N2O3. The zero-order valence-corrected chi connectivity index (χ0v) is 11.5. The van der Waals surface area contributed by atoms with Gasteiger partial charge in [0.25, 0.3) is 0 Å². The molecule has 3 N–H and O–H groups in total. The van der Waals surface area contributed by atoms with E-state index in [1.54, 1.807) is 6.92 Å². The first kappa shape index (κ1) is 14.5. The van der Waals surface area contributed by atoms with Crippen LogP contribution in [0.1, 0.15) is 31.4 Å². The molecule has 3 atom stereocenters. The summed E-state index contributed by atoms with van der Waals surface area (Å²) in [5.74, 6) is -1.54. The van der Waals surface area contributed by atoms with Crippen molar-refractivity contribution in [3.05, 3.63) is 35.9 Å². The van der Waals surface area contributed by atoms with Crippen LogP contribution in [0.25, 0.3) is 0 Å². The van der Waals surface area contributed by atoms with E-state index in [2.05, 4.69) is 0 Å². The number of carboxylic acids is 1. The van der Waals surface area contributed by atoms with Crippen molar-refractivity contribution in [1.29, 1.82) is 0 Å². The summed E-state index contributed by atoms with van der Waals surface area (Å²) in [6.07, 6.45) is 1.25. The van der Waals surface area contributed by atoms with Gasteiger partial charge in [0.05, 0.1) is 5.92 Å². The third kappa shape index (κ3) is 2.82. The van der Waals surface area contributed by atoms with Gasteiger partial charge in [0.2, 0.25) is 5.91 Å². The van der Waals surface area contributed by atoms with E-state index in [-0.39, 0.29) is 5.91 Å². The standard InChI is InChI=1S/C15H20N2O3/c1-10(13(16)11-6-3-2-4-7-11)14(18)17-9-5-8-12(17)15(19)20/h2-4,6-7,10,12-13H,5,8-9,16H2,1H3,(H,19,20)/t10?,12-,13?/m0/s1. The average Bonchev–Trinajstić information content (AvgIpc) is 2.95. The Bertz CT molecular complexity index is 489. The zero-order chi connectivity index (χ0) is 14.7. The van der Waals surface area contributed by atoms with Gasteiger partial charge in [0.15, 0.2) is 0 Å². The van der Waals surface area contributed by atoms with E-state index >= 15 is 0 Å². The molecule has 0 aliphatic carbocycles. The molecule has 2 unspecified atom stereocenters. The summed E-state index contributed by atoms with van der Waals surface area (Å²) >= 11 is 0. The van der Waals surface area contributed by atoms with Crippen molar-refractivity contribution in [3.63, 3.8) is 0 Å². The van der Waals surface area contributed by atoms with E-state index in [4.69, 9.17) is 10.8 Å². The van der Waals surface area contributed by atoms with Gasteiger partial charge in [-0.3, -0.25) is 4.79 Å². The predicted molar refractivity (Wildman–Crippen MR) is 74.9 cm³/mol. The molecule has 1 heterocycles. The maximum atomic E-state index is 12.5. The van der Waals surface area contributed by atoms with Crippen molar-refractivity contribution in [1.82, 2.24) is 4.90 Å². The summed E-state index contributed by atoms with van der Waals surface area (Å²) in [5.41, 5.74) is 7.02. The number of likely N-dealkylation sites (tertiary alicyclic amines) is 1. The molecule has 1 aliphatic rings. The maximum Gasteiger partial charge on any atom is 0.326 e. The van der Waals surface area contributed by atoms with Gasteiger partial charge in [-0.05, 0) is 18.4 Å². The van der Waals surface area contributed by atoms with Gasteiger partial charge in [-0.25, -0.2) is 4.79 Å². The SMILES string of the molecule is CC(C(=O)N1CCC[C@H]1C(=O)O)C(N)c1ccccc1. The second-order valence-electron chi connectivity index (χ2n) is 5.25. The Morgan fingerprint density at radius 3 is 2.60 bits per heavy atom. The summed E-state index contributed by atoms with van der Waals surface area (Å²) in [7, 11) is 0. The highest BCUT2D eigenvalue weighted by Crippen LogP contribution is 2.25. The second kappa shape index (κ2) is 6.05. The fraction of sp³-hybridized carbons (Fsp3) is 0.467. The average molecular weight is 276 g/mol. The molecule has 0 spiro atoms. The first-order valence-corrected chi connectivity index (χ1v) is 6.86. The van der Waals surface area contributed by atoms with Gasteiger partial charge >= 0.3 is 5.97 Å². The topological polar surface area (TPSA) is 83.6 Å². The number of rotatable bonds is 4. The van der Waals surface area contributed by atoms with E-state index < -0.39 is 24.0 Å². The van der Waals surface area contributed by atoms with E-state index in [1.165, 1.54) is 4.90 Å². The number of nitrogens with zero attached hydrogens (tertiary/aromatic N) is 1. The van der Waals surface area contributed by atoms with Crippen LogP contribution < -0.4 is 5.73 Å². The van der Waals surface area contributed by atoms with Crippen molar-refractivity contribution < 1.29 is 14.7 Å². The molecule has 0 bridgehead atoms. The molecule has 108 valence electrons. The Morgan fingerprint density at radius 2 is 2.00 bits per heavy atom. The lowest BCUT2D eigenvalue weighted by molar-refractivity contribution is -0.150. The molecule has 20 heavy (non-hydrogen) atoms. The summed E-state index contributed by atoms with van der Waals surface area (Å²) in [6.45, 7) is 2.26. The molecule has 0 radical (unpaired) electrons. The Balaban J connectivity index is 2.10. The van der Waals surface area contributed by atoms with Crippen LogP contribution in [0.4, 0.5) is 0 Å². The monoisotopic (exact) mass is 276 g/mol. The fourth-order valence-corrected chi connectivity index (χ4v) is 2.67. The van der Waals surface area contributed by atoms with Gasteiger partial charge in [0.1, 0.15) is 6.04 Å². The Kier molecular flexibility index (Phi) is 4.39. The highest BCUT2D eigenvalue weighted by molar-refractivity contribution is 5.86. The molecule has 1 saturated heterocycles. The smallest absolute Gasteiger partial charge is 0.326 e. The summed E-state index contributed by atoms with van der Waals surface area (Å²) in [5, 5.41) is 9.14. The number of nitrogens with two attached hydrogens (primary N) is 1. The van der Waals surface area contributed by atoms with E-state index in [0.717, 1.165) is 12.0 Å². The van der Waals surface area contributed by atoms with Gasteiger partial charge in [0, 0.05) is 12.6 Å². The minimum atomic E-state index is -0.934. The number of carbonyl (C=O) groups is 2. The number of benzene rings is 1. The van der Waals surface area contributed by atoms with Crippen LogP contribution in [-0.2, 0) is 9.59 Å². The van der Waals surface area contributed by atoms with Crippen molar-refractivity contribution in [2.75, 3.05) is 6.54 Å². The summed E-state index contributed by atoms with van der Waals surface area (Å²) in [6, 6.07) is 8.29. The van der Waals surface area contributed by atoms with E-state index in [1.807, 2.05) is 30.3 Å². The quantitative estimate of drug-likeness (QED) is 0.870. The Labute approximate surface area is 118 Å². The molecule has 1 aromatic carbocycles. The van der Waals surface area contributed by atoms with Crippen LogP contribution in [0.3, 0.4) is 0 Å². The van der Waals surface area contributed by atoms with Crippen LogP contribution in [0.2, 0.25) is 0 Å². The van der Waals surface area contributed by atoms with Crippen LogP contribution in [0.5, 0.6) is 0 Å². The lowest BCUT2D eigenvalue weighted by atomic mass is 9.94. The van der Waals surface area contributed by atoms with Crippen LogP contribution >= 0.6 is 0 Å². The van der Waals surface area contributed by atoms with Crippen LogP contribution in [-0.4, -0.2) is 34.5 Å². The number of carboxylic acid groups (broad SMARTS) is 1. The first-order valence-electron chi connectivity index (χ1n) is 6.86. The predicted octanol–water partition coefficient (Wildman–Crippen LogP) is 1.40.